The minimum atomic E-state index is -0.108. The summed E-state index contributed by atoms with van der Waals surface area (Å²) in [6, 6.07) is 21.8. The predicted molar refractivity (Wildman–Crippen MR) is 137 cm³/mol. The van der Waals surface area contributed by atoms with Crippen molar-refractivity contribution >= 4 is 5.91 Å². The molecular formula is C29H34N2O4. The van der Waals surface area contributed by atoms with Gasteiger partial charge in [0.15, 0.2) is 11.5 Å². The van der Waals surface area contributed by atoms with Gasteiger partial charge in [0.25, 0.3) is 5.91 Å². The molecule has 2 atom stereocenters. The van der Waals surface area contributed by atoms with Crippen LogP contribution in [0.5, 0.6) is 17.2 Å². The van der Waals surface area contributed by atoms with E-state index < -0.39 is 0 Å². The quantitative estimate of drug-likeness (QED) is 0.472. The third-order valence-electron chi connectivity index (χ3n) is 6.72. The van der Waals surface area contributed by atoms with Crippen LogP contribution in [0, 0.1) is 0 Å². The SMILES string of the molecule is CCC(NC(=O)c1cccc(OC)c1)C1c2cc(OC)c(OC)cc2CCN1Cc1ccccc1. The maximum absolute atomic E-state index is 13.3. The second kappa shape index (κ2) is 11.3. The van der Waals surface area contributed by atoms with Crippen molar-refractivity contribution in [2.45, 2.75) is 38.4 Å². The topological polar surface area (TPSA) is 60.0 Å². The minimum Gasteiger partial charge on any atom is -0.497 e. The summed E-state index contributed by atoms with van der Waals surface area (Å²) >= 11 is 0. The molecule has 0 saturated carbocycles. The van der Waals surface area contributed by atoms with Crippen LogP contribution in [-0.2, 0) is 13.0 Å². The Morgan fingerprint density at radius 3 is 2.40 bits per heavy atom. The molecule has 4 rings (SSSR count). The summed E-state index contributed by atoms with van der Waals surface area (Å²) in [5.41, 5.74) is 4.23. The molecule has 1 amide bonds. The third kappa shape index (κ3) is 5.43. The van der Waals surface area contributed by atoms with Gasteiger partial charge in [-0.25, -0.2) is 0 Å². The summed E-state index contributed by atoms with van der Waals surface area (Å²) in [5.74, 6) is 1.99. The Morgan fingerprint density at radius 1 is 0.971 bits per heavy atom. The highest BCUT2D eigenvalue weighted by Gasteiger charge is 2.35. The summed E-state index contributed by atoms with van der Waals surface area (Å²) in [6.45, 7) is 3.80. The number of carbonyl (C=O) groups is 1. The summed E-state index contributed by atoms with van der Waals surface area (Å²) in [7, 11) is 4.93. The first-order valence-electron chi connectivity index (χ1n) is 12.1. The van der Waals surface area contributed by atoms with Crippen molar-refractivity contribution in [2.75, 3.05) is 27.9 Å². The fraction of sp³-hybridized carbons (Fsp3) is 0.345. The number of benzene rings is 3. The normalized spacial score (nSPS) is 16.2. The van der Waals surface area contributed by atoms with Gasteiger partial charge in [-0.3, -0.25) is 9.69 Å². The Balaban J connectivity index is 1.71. The number of fused-ring (bicyclic) bond motifs is 1. The van der Waals surface area contributed by atoms with E-state index in [4.69, 9.17) is 14.2 Å². The van der Waals surface area contributed by atoms with Gasteiger partial charge in [0, 0.05) is 24.7 Å². The first-order valence-corrected chi connectivity index (χ1v) is 12.1. The number of nitrogens with one attached hydrogen (secondary N) is 1. The van der Waals surface area contributed by atoms with Gasteiger partial charge >= 0.3 is 0 Å². The highest BCUT2D eigenvalue weighted by atomic mass is 16.5. The summed E-state index contributed by atoms with van der Waals surface area (Å²) in [4.78, 5) is 15.8. The van der Waals surface area contributed by atoms with Crippen LogP contribution >= 0.6 is 0 Å². The first-order chi connectivity index (χ1) is 17.1. The lowest BCUT2D eigenvalue weighted by atomic mass is 9.86. The number of carbonyl (C=O) groups excluding carboxylic acids is 1. The van der Waals surface area contributed by atoms with Crippen LogP contribution in [0.15, 0.2) is 66.7 Å². The fourth-order valence-corrected chi connectivity index (χ4v) is 4.92. The maximum atomic E-state index is 13.3. The first kappa shape index (κ1) is 24.6. The second-order valence-electron chi connectivity index (χ2n) is 8.78. The van der Waals surface area contributed by atoms with E-state index in [0.717, 1.165) is 31.7 Å². The Labute approximate surface area is 207 Å². The number of nitrogens with zero attached hydrogens (tertiary/aromatic N) is 1. The molecule has 6 heteroatoms. The van der Waals surface area contributed by atoms with Crippen LogP contribution in [0.1, 0.15) is 46.4 Å². The minimum absolute atomic E-state index is 0.0154. The molecule has 1 heterocycles. The van der Waals surface area contributed by atoms with Gasteiger partial charge in [0.2, 0.25) is 0 Å². The number of hydrogen-bond donors (Lipinski definition) is 1. The van der Waals surface area contributed by atoms with Crippen molar-refractivity contribution < 1.29 is 19.0 Å². The van der Waals surface area contributed by atoms with E-state index in [0.29, 0.717) is 17.1 Å². The molecule has 3 aromatic carbocycles. The maximum Gasteiger partial charge on any atom is 0.251 e. The van der Waals surface area contributed by atoms with E-state index in [9.17, 15) is 4.79 Å². The van der Waals surface area contributed by atoms with Crippen molar-refractivity contribution in [2.24, 2.45) is 0 Å². The van der Waals surface area contributed by atoms with Crippen LogP contribution < -0.4 is 19.5 Å². The van der Waals surface area contributed by atoms with E-state index in [1.165, 1.54) is 16.7 Å². The molecule has 0 aliphatic carbocycles. The Kier molecular flexibility index (Phi) is 7.93. The van der Waals surface area contributed by atoms with Crippen LogP contribution in [-0.4, -0.2) is 44.7 Å². The highest BCUT2D eigenvalue weighted by Crippen LogP contribution is 2.40. The molecule has 0 bridgehead atoms. The average molecular weight is 475 g/mol. The lowest BCUT2D eigenvalue weighted by molar-refractivity contribution is 0.0858. The van der Waals surface area contributed by atoms with Gasteiger partial charge in [0.05, 0.1) is 27.4 Å². The molecule has 0 fully saturated rings. The number of rotatable bonds is 9. The lowest BCUT2D eigenvalue weighted by Gasteiger charge is -2.42. The molecule has 0 saturated heterocycles. The highest BCUT2D eigenvalue weighted by molar-refractivity contribution is 5.94. The second-order valence-corrected chi connectivity index (χ2v) is 8.78. The number of methoxy groups -OCH3 is 3. The van der Waals surface area contributed by atoms with E-state index in [1.807, 2.05) is 24.3 Å². The van der Waals surface area contributed by atoms with Crippen molar-refractivity contribution in [1.29, 1.82) is 0 Å². The van der Waals surface area contributed by atoms with E-state index in [1.54, 1.807) is 27.4 Å². The molecule has 2 unspecified atom stereocenters. The molecule has 35 heavy (non-hydrogen) atoms. The standard InChI is InChI=1S/C29H34N2O4/c1-5-25(30-29(32)22-12-9-13-23(16-22)33-2)28-24-18-27(35-4)26(34-3)17-21(24)14-15-31(28)19-20-10-7-6-8-11-20/h6-13,16-18,25,28H,5,14-15,19H2,1-4H3,(H,30,32). The van der Waals surface area contributed by atoms with E-state index in [2.05, 4.69) is 53.5 Å². The molecule has 3 aromatic rings. The van der Waals surface area contributed by atoms with Crippen molar-refractivity contribution in [3.8, 4) is 17.2 Å². The molecule has 1 aliphatic rings. The molecule has 6 nitrogen and oxygen atoms in total. The molecule has 0 radical (unpaired) electrons. The third-order valence-corrected chi connectivity index (χ3v) is 6.72. The van der Waals surface area contributed by atoms with Crippen LogP contribution in [0.2, 0.25) is 0 Å². The largest absolute Gasteiger partial charge is 0.497 e. The zero-order valence-electron chi connectivity index (χ0n) is 20.9. The number of amides is 1. The van der Waals surface area contributed by atoms with Gasteiger partial charge in [-0.1, -0.05) is 43.3 Å². The van der Waals surface area contributed by atoms with Gasteiger partial charge in [0.1, 0.15) is 5.75 Å². The molecule has 1 N–H and O–H groups in total. The fourth-order valence-electron chi connectivity index (χ4n) is 4.92. The molecule has 0 spiro atoms. The van der Waals surface area contributed by atoms with Crippen molar-refractivity contribution in [3.05, 3.63) is 89.0 Å². The van der Waals surface area contributed by atoms with Crippen LogP contribution in [0.4, 0.5) is 0 Å². The number of ether oxygens (including phenoxy) is 3. The molecule has 184 valence electrons. The van der Waals surface area contributed by atoms with E-state index in [-0.39, 0.29) is 18.0 Å². The van der Waals surface area contributed by atoms with Gasteiger partial charge in [-0.05, 0) is 59.9 Å². The van der Waals surface area contributed by atoms with Crippen molar-refractivity contribution in [1.82, 2.24) is 10.2 Å². The molecular weight excluding hydrogens is 440 g/mol. The van der Waals surface area contributed by atoms with Crippen LogP contribution in [0.3, 0.4) is 0 Å². The Hall–Kier alpha value is -3.51. The van der Waals surface area contributed by atoms with Gasteiger partial charge in [-0.15, -0.1) is 0 Å². The van der Waals surface area contributed by atoms with Crippen molar-refractivity contribution in [3.63, 3.8) is 0 Å². The predicted octanol–water partition coefficient (Wildman–Crippen LogP) is 5.02. The lowest BCUT2D eigenvalue weighted by Crippen LogP contribution is -2.48. The smallest absolute Gasteiger partial charge is 0.251 e. The average Bonchev–Trinajstić information content (AvgIpc) is 2.91. The van der Waals surface area contributed by atoms with Gasteiger partial charge < -0.3 is 19.5 Å². The molecule has 0 aromatic heterocycles. The zero-order valence-corrected chi connectivity index (χ0v) is 20.9. The number of hydrogen-bond acceptors (Lipinski definition) is 5. The monoisotopic (exact) mass is 474 g/mol. The van der Waals surface area contributed by atoms with Crippen LogP contribution in [0.25, 0.3) is 0 Å². The summed E-state index contributed by atoms with van der Waals surface area (Å²) < 4.78 is 16.5. The Bertz CT molecular complexity index is 1150. The van der Waals surface area contributed by atoms with Gasteiger partial charge in [-0.2, -0.15) is 0 Å². The molecule has 1 aliphatic heterocycles. The zero-order chi connectivity index (χ0) is 24.8. The summed E-state index contributed by atoms with van der Waals surface area (Å²) in [6.07, 6.45) is 1.68. The van der Waals surface area contributed by atoms with E-state index >= 15 is 0 Å². The Morgan fingerprint density at radius 2 is 1.71 bits per heavy atom. The summed E-state index contributed by atoms with van der Waals surface area (Å²) in [5, 5.41) is 3.32.